The van der Waals surface area contributed by atoms with Gasteiger partial charge in [0.2, 0.25) is 0 Å². The van der Waals surface area contributed by atoms with Crippen LogP contribution in [0.15, 0.2) is 29.9 Å². The molecule has 0 saturated carbocycles. The number of esters is 1. The largest absolute Gasteiger partial charge is 0.483 e. The van der Waals surface area contributed by atoms with Crippen LogP contribution in [-0.2, 0) is 4.79 Å². The summed E-state index contributed by atoms with van der Waals surface area (Å²) in [6.07, 6.45) is 8.15. The Morgan fingerprint density at radius 1 is 1.36 bits per heavy atom. The van der Waals surface area contributed by atoms with Crippen molar-refractivity contribution in [2.45, 2.75) is 46.1 Å². The Labute approximate surface area is 145 Å². The first-order valence-corrected chi connectivity index (χ1v) is 8.41. The second-order valence-electron chi connectivity index (χ2n) is 5.95. The molecular formula is C18H21IO3. The summed E-state index contributed by atoms with van der Waals surface area (Å²) in [4.78, 5) is 11.3. The number of carbonyl (C=O) groups excluding carboxylic acids is 1. The third kappa shape index (κ3) is 4.12. The summed E-state index contributed by atoms with van der Waals surface area (Å²) < 4.78 is 12.4. The molecule has 1 aromatic carbocycles. The quantitative estimate of drug-likeness (QED) is 0.298. The fourth-order valence-corrected chi connectivity index (χ4v) is 2.96. The summed E-state index contributed by atoms with van der Waals surface area (Å²) in [5, 5.41) is 0. The summed E-state index contributed by atoms with van der Waals surface area (Å²) in [5.74, 6) is 1.02. The van der Waals surface area contributed by atoms with Crippen LogP contribution < -0.4 is 9.47 Å². The first kappa shape index (κ1) is 17.1. The maximum atomic E-state index is 11.3. The van der Waals surface area contributed by atoms with E-state index in [9.17, 15) is 4.79 Å². The van der Waals surface area contributed by atoms with Crippen molar-refractivity contribution in [2.75, 3.05) is 0 Å². The molecule has 1 atom stereocenters. The first-order valence-electron chi connectivity index (χ1n) is 7.33. The monoisotopic (exact) mass is 412 g/mol. The van der Waals surface area contributed by atoms with E-state index in [0.717, 1.165) is 27.7 Å². The third-order valence-corrected chi connectivity index (χ3v) is 4.34. The lowest BCUT2D eigenvalue weighted by molar-refractivity contribution is -0.131. The van der Waals surface area contributed by atoms with Gasteiger partial charge in [0.05, 0.1) is 9.13 Å². The van der Waals surface area contributed by atoms with E-state index in [4.69, 9.17) is 9.47 Å². The molecule has 0 amide bonds. The van der Waals surface area contributed by atoms with Crippen LogP contribution in [0.3, 0.4) is 0 Å². The number of benzene rings is 1. The average molecular weight is 412 g/mol. The molecule has 0 spiro atoms. The van der Waals surface area contributed by atoms with Gasteiger partial charge in [-0.15, -0.1) is 0 Å². The number of ether oxygens (including phenoxy) is 2. The predicted octanol–water partition coefficient (Wildman–Crippen LogP) is 5.13. The fraction of sp³-hybridized carbons (Fsp3) is 0.389. The van der Waals surface area contributed by atoms with Crippen molar-refractivity contribution in [3.8, 4) is 11.5 Å². The normalized spacial score (nSPS) is 19.1. The second kappa shape index (κ2) is 6.86. The topological polar surface area (TPSA) is 35.5 Å². The Kier molecular flexibility index (Phi) is 5.32. The third-order valence-electron chi connectivity index (χ3n) is 3.49. The van der Waals surface area contributed by atoms with Crippen LogP contribution in [0.1, 0.15) is 46.1 Å². The second-order valence-corrected chi connectivity index (χ2v) is 7.11. The van der Waals surface area contributed by atoms with Crippen LogP contribution in [0.2, 0.25) is 0 Å². The smallest absolute Gasteiger partial charge is 0.308 e. The van der Waals surface area contributed by atoms with E-state index in [-0.39, 0.29) is 11.6 Å². The van der Waals surface area contributed by atoms with E-state index in [0.29, 0.717) is 5.75 Å². The van der Waals surface area contributed by atoms with Gasteiger partial charge < -0.3 is 9.47 Å². The van der Waals surface area contributed by atoms with Crippen LogP contribution in [0, 0.1) is 3.57 Å². The molecule has 0 fully saturated rings. The Bertz CT molecular complexity index is 642. The summed E-state index contributed by atoms with van der Waals surface area (Å²) >= 11 is 2.16. The van der Waals surface area contributed by atoms with E-state index in [1.165, 1.54) is 12.5 Å². The van der Waals surface area contributed by atoms with Gasteiger partial charge in [0.25, 0.3) is 0 Å². The van der Waals surface area contributed by atoms with E-state index >= 15 is 0 Å². The van der Waals surface area contributed by atoms with Gasteiger partial charge in [0.15, 0.2) is 5.75 Å². The summed E-state index contributed by atoms with van der Waals surface area (Å²) in [5.41, 5.74) is 1.82. The van der Waals surface area contributed by atoms with Gasteiger partial charge in [-0.3, -0.25) is 4.79 Å². The van der Waals surface area contributed by atoms with Gasteiger partial charge in [-0.1, -0.05) is 11.6 Å². The van der Waals surface area contributed by atoms with Gasteiger partial charge in [-0.2, -0.15) is 0 Å². The molecule has 0 bridgehead atoms. The van der Waals surface area contributed by atoms with Crippen molar-refractivity contribution < 1.29 is 14.3 Å². The molecule has 0 N–H and O–H groups in total. The van der Waals surface area contributed by atoms with Crippen LogP contribution in [0.25, 0.3) is 6.08 Å². The van der Waals surface area contributed by atoms with Gasteiger partial charge in [0.1, 0.15) is 11.4 Å². The zero-order valence-electron chi connectivity index (χ0n) is 13.4. The highest BCUT2D eigenvalue weighted by molar-refractivity contribution is 14.1. The van der Waals surface area contributed by atoms with E-state index in [1.54, 1.807) is 0 Å². The van der Waals surface area contributed by atoms with Crippen molar-refractivity contribution >= 4 is 34.6 Å². The molecule has 118 valence electrons. The van der Waals surface area contributed by atoms with Gasteiger partial charge in [-0.25, -0.2) is 0 Å². The lowest BCUT2D eigenvalue weighted by Gasteiger charge is -2.32. The molecule has 0 aliphatic carbocycles. The zero-order valence-corrected chi connectivity index (χ0v) is 15.6. The van der Waals surface area contributed by atoms with Crippen molar-refractivity contribution in [3.63, 3.8) is 0 Å². The molecule has 0 aromatic heterocycles. The molecule has 1 aliphatic rings. The van der Waals surface area contributed by atoms with Crippen molar-refractivity contribution in [2.24, 2.45) is 0 Å². The fourth-order valence-electron chi connectivity index (χ4n) is 2.38. The number of rotatable bonds is 4. The SMILES string of the molecule is CC(=O)Oc1c(I)ccc2c1C=CC(C)(CCC=C(C)C)O2. The van der Waals surface area contributed by atoms with Gasteiger partial charge in [-0.05, 0) is 80.5 Å². The summed E-state index contributed by atoms with van der Waals surface area (Å²) in [7, 11) is 0. The minimum Gasteiger partial charge on any atom is -0.483 e. The summed E-state index contributed by atoms with van der Waals surface area (Å²) in [6.45, 7) is 7.69. The van der Waals surface area contributed by atoms with Crippen LogP contribution >= 0.6 is 22.6 Å². The Morgan fingerprint density at radius 3 is 2.73 bits per heavy atom. The molecule has 1 aromatic rings. The number of hydrogen-bond donors (Lipinski definition) is 0. The number of allylic oxidation sites excluding steroid dienone is 2. The number of halogens is 1. The van der Waals surface area contributed by atoms with Crippen molar-refractivity contribution in [1.29, 1.82) is 0 Å². The Hall–Kier alpha value is -1.30. The highest BCUT2D eigenvalue weighted by Gasteiger charge is 2.29. The molecule has 0 radical (unpaired) electrons. The van der Waals surface area contributed by atoms with Gasteiger partial charge >= 0.3 is 5.97 Å². The molecule has 3 nitrogen and oxygen atoms in total. The molecule has 22 heavy (non-hydrogen) atoms. The molecule has 1 unspecified atom stereocenters. The number of carbonyl (C=O) groups is 1. The van der Waals surface area contributed by atoms with Crippen molar-refractivity contribution in [3.05, 3.63) is 39.0 Å². The highest BCUT2D eigenvalue weighted by Crippen LogP contribution is 2.40. The standard InChI is InChI=1S/C18H21IO3/c1-12(2)6-5-10-18(4)11-9-14-16(22-18)8-7-15(19)17(14)21-13(3)20/h6-9,11H,5,10H2,1-4H3. The maximum absolute atomic E-state index is 11.3. The minimum absolute atomic E-state index is 0.323. The minimum atomic E-state index is -0.334. The lowest BCUT2D eigenvalue weighted by atomic mass is 9.94. The maximum Gasteiger partial charge on any atom is 0.308 e. The summed E-state index contributed by atoms with van der Waals surface area (Å²) in [6, 6.07) is 3.85. The molecule has 1 aliphatic heterocycles. The highest BCUT2D eigenvalue weighted by atomic mass is 127. The van der Waals surface area contributed by atoms with Gasteiger partial charge in [0, 0.05) is 6.92 Å². The molecular weight excluding hydrogens is 391 g/mol. The Balaban J connectivity index is 2.26. The van der Waals surface area contributed by atoms with E-state index in [2.05, 4.69) is 55.5 Å². The first-order chi connectivity index (χ1) is 10.3. The molecule has 4 heteroatoms. The molecule has 2 rings (SSSR count). The van der Waals surface area contributed by atoms with E-state index < -0.39 is 0 Å². The lowest BCUT2D eigenvalue weighted by Crippen LogP contribution is -2.31. The molecule has 1 heterocycles. The van der Waals surface area contributed by atoms with Crippen LogP contribution in [0.4, 0.5) is 0 Å². The van der Waals surface area contributed by atoms with E-state index in [1.807, 2.05) is 18.2 Å². The zero-order chi connectivity index (χ0) is 16.3. The predicted molar refractivity (Wildman–Crippen MR) is 97.2 cm³/mol. The molecule has 0 saturated heterocycles. The van der Waals surface area contributed by atoms with Crippen LogP contribution in [0.5, 0.6) is 11.5 Å². The number of hydrogen-bond acceptors (Lipinski definition) is 3. The average Bonchev–Trinajstić information content (AvgIpc) is 2.41. The van der Waals surface area contributed by atoms with Crippen LogP contribution in [-0.4, -0.2) is 11.6 Å². The number of fused-ring (bicyclic) bond motifs is 1. The van der Waals surface area contributed by atoms with Crippen molar-refractivity contribution in [1.82, 2.24) is 0 Å². The Morgan fingerprint density at radius 2 is 2.09 bits per heavy atom.